The summed E-state index contributed by atoms with van der Waals surface area (Å²) in [5.74, 6) is -0.407. The highest BCUT2D eigenvalue weighted by molar-refractivity contribution is 7.16. The van der Waals surface area contributed by atoms with Crippen LogP contribution in [0, 0.1) is 0 Å². The molecule has 23 heavy (non-hydrogen) atoms. The predicted molar refractivity (Wildman–Crippen MR) is 89.7 cm³/mol. The maximum Gasteiger partial charge on any atom is 0.243 e. The number of carbonyl (C=O) groups excluding carboxylic acids is 2. The molecule has 3 heterocycles. The number of carbonyl (C=O) groups is 2. The van der Waals surface area contributed by atoms with Crippen molar-refractivity contribution in [2.24, 2.45) is 0 Å². The van der Waals surface area contributed by atoms with Crippen LogP contribution in [0.4, 0.5) is 0 Å². The molecular weight excluding hydrogens is 336 g/mol. The molecule has 1 aromatic rings. The van der Waals surface area contributed by atoms with E-state index in [4.69, 9.17) is 16.3 Å². The summed E-state index contributed by atoms with van der Waals surface area (Å²) in [5.41, 5.74) is 0.983. The summed E-state index contributed by atoms with van der Waals surface area (Å²) in [6.07, 6.45) is 3.59. The Kier molecular flexibility index (Phi) is 4.75. The maximum atomic E-state index is 12.2. The van der Waals surface area contributed by atoms with Crippen molar-refractivity contribution in [3.63, 3.8) is 0 Å². The molecule has 7 heteroatoms. The number of nitrogens with zero attached hydrogens (tertiary/aromatic N) is 1. The highest BCUT2D eigenvalue weighted by atomic mass is 35.5. The molecule has 0 saturated carbocycles. The molecule has 1 aromatic heterocycles. The summed E-state index contributed by atoms with van der Waals surface area (Å²) in [6.45, 7) is 5.32. The van der Waals surface area contributed by atoms with Crippen molar-refractivity contribution in [1.29, 1.82) is 0 Å². The minimum atomic E-state index is -0.333. The topological polar surface area (TPSA) is 58.6 Å². The molecular formula is C16H19ClN2O3S. The lowest BCUT2D eigenvalue weighted by Crippen LogP contribution is -2.50. The summed E-state index contributed by atoms with van der Waals surface area (Å²) in [5, 5.41) is 2.52. The Labute approximate surface area is 144 Å². The average Bonchev–Trinajstić information content (AvgIpc) is 2.95. The Morgan fingerprint density at radius 1 is 1.48 bits per heavy atom. The van der Waals surface area contributed by atoms with Gasteiger partial charge in [-0.25, -0.2) is 0 Å². The number of rotatable bonds is 3. The third-order valence-electron chi connectivity index (χ3n) is 4.47. The van der Waals surface area contributed by atoms with Crippen molar-refractivity contribution in [2.75, 3.05) is 26.2 Å². The highest BCUT2D eigenvalue weighted by Crippen LogP contribution is 2.46. The number of ether oxygens (including phenoxy) is 1. The van der Waals surface area contributed by atoms with Crippen LogP contribution in [-0.4, -0.2) is 43.0 Å². The van der Waals surface area contributed by atoms with Gasteiger partial charge in [-0.3, -0.25) is 9.59 Å². The van der Waals surface area contributed by atoms with Crippen molar-refractivity contribution in [3.8, 4) is 0 Å². The van der Waals surface area contributed by atoms with Crippen LogP contribution < -0.4 is 5.32 Å². The average molecular weight is 355 g/mol. The minimum absolute atomic E-state index is 0.00872. The molecule has 0 radical (unpaired) electrons. The van der Waals surface area contributed by atoms with Gasteiger partial charge in [-0.15, -0.1) is 11.3 Å². The monoisotopic (exact) mass is 354 g/mol. The molecule has 0 unspecified atom stereocenters. The molecule has 0 aliphatic carbocycles. The van der Waals surface area contributed by atoms with E-state index in [9.17, 15) is 9.59 Å². The van der Waals surface area contributed by atoms with Crippen LogP contribution in [-0.2, 0) is 26.3 Å². The van der Waals surface area contributed by atoms with Crippen LogP contribution in [0.15, 0.2) is 18.7 Å². The zero-order valence-corrected chi connectivity index (χ0v) is 14.3. The number of thiophene rings is 1. The van der Waals surface area contributed by atoms with Crippen molar-refractivity contribution in [1.82, 2.24) is 10.2 Å². The summed E-state index contributed by atoms with van der Waals surface area (Å²) >= 11 is 7.76. The van der Waals surface area contributed by atoms with Crippen LogP contribution in [0.25, 0.3) is 0 Å². The van der Waals surface area contributed by atoms with Gasteiger partial charge < -0.3 is 15.0 Å². The van der Waals surface area contributed by atoms with Gasteiger partial charge in [-0.2, -0.15) is 0 Å². The van der Waals surface area contributed by atoms with Crippen LogP contribution in [0.5, 0.6) is 0 Å². The number of hydrogen-bond acceptors (Lipinski definition) is 4. The van der Waals surface area contributed by atoms with E-state index >= 15 is 0 Å². The summed E-state index contributed by atoms with van der Waals surface area (Å²) < 4.78 is 6.92. The van der Waals surface area contributed by atoms with Gasteiger partial charge in [0.15, 0.2) is 0 Å². The van der Waals surface area contributed by atoms with Gasteiger partial charge in [0.1, 0.15) is 5.60 Å². The number of likely N-dealkylation sites (tertiary alicyclic amines) is 1. The second kappa shape index (κ2) is 6.63. The molecule has 3 rings (SSSR count). The third kappa shape index (κ3) is 3.29. The molecule has 1 saturated heterocycles. The van der Waals surface area contributed by atoms with Crippen molar-refractivity contribution in [2.45, 2.75) is 24.9 Å². The van der Waals surface area contributed by atoms with Gasteiger partial charge in [-0.05, 0) is 37.0 Å². The van der Waals surface area contributed by atoms with Crippen molar-refractivity contribution in [3.05, 3.63) is 33.5 Å². The molecule has 0 aromatic carbocycles. The quantitative estimate of drug-likeness (QED) is 0.846. The zero-order chi connectivity index (χ0) is 16.4. The second-order valence-electron chi connectivity index (χ2n) is 5.80. The van der Waals surface area contributed by atoms with Crippen LogP contribution in [0.1, 0.15) is 23.3 Å². The first-order valence-electron chi connectivity index (χ1n) is 7.65. The van der Waals surface area contributed by atoms with E-state index in [0.717, 1.165) is 29.7 Å². The largest absolute Gasteiger partial charge is 0.369 e. The number of nitrogens with one attached hydrogen (secondary N) is 1. The Bertz CT molecular complexity index is 635. The fourth-order valence-corrected chi connectivity index (χ4v) is 4.72. The molecule has 1 fully saturated rings. The Hall–Kier alpha value is -1.37. The lowest BCUT2D eigenvalue weighted by molar-refractivity contribution is -0.140. The summed E-state index contributed by atoms with van der Waals surface area (Å²) in [7, 11) is 0. The molecule has 1 N–H and O–H groups in total. The van der Waals surface area contributed by atoms with E-state index in [2.05, 4.69) is 11.9 Å². The molecule has 0 bridgehead atoms. The third-order valence-corrected chi connectivity index (χ3v) is 5.96. The number of halogens is 1. The Morgan fingerprint density at radius 2 is 2.22 bits per heavy atom. The summed E-state index contributed by atoms with van der Waals surface area (Å²) in [6, 6.07) is 2.04. The lowest BCUT2D eigenvalue weighted by Gasteiger charge is -2.43. The van der Waals surface area contributed by atoms with Gasteiger partial charge in [0.2, 0.25) is 11.8 Å². The van der Waals surface area contributed by atoms with Gasteiger partial charge in [0, 0.05) is 18.0 Å². The van der Waals surface area contributed by atoms with E-state index in [-0.39, 0.29) is 24.0 Å². The highest BCUT2D eigenvalue weighted by Gasteiger charge is 2.43. The van der Waals surface area contributed by atoms with E-state index in [1.54, 1.807) is 16.2 Å². The van der Waals surface area contributed by atoms with Crippen LogP contribution in [0.2, 0.25) is 4.34 Å². The van der Waals surface area contributed by atoms with E-state index < -0.39 is 0 Å². The molecule has 0 atom stereocenters. The van der Waals surface area contributed by atoms with Gasteiger partial charge >= 0.3 is 0 Å². The van der Waals surface area contributed by atoms with Gasteiger partial charge in [0.05, 0.1) is 17.5 Å². The number of piperidine rings is 1. The standard InChI is InChI=1S/C16H19ClN2O3S/c1-2-13(20)18-10-14(21)19-6-4-16(5-7-19)15-11(3-8-22-16)9-12(17)23-15/h2,9H,1,3-8,10H2,(H,18,20). The zero-order valence-electron chi connectivity index (χ0n) is 12.8. The predicted octanol–water partition coefficient (Wildman–Crippen LogP) is 2.09. The van der Waals surface area contributed by atoms with Gasteiger partial charge in [0.25, 0.3) is 0 Å². The lowest BCUT2D eigenvalue weighted by atomic mass is 9.85. The van der Waals surface area contributed by atoms with Crippen LogP contribution in [0.3, 0.4) is 0 Å². The number of amides is 2. The van der Waals surface area contributed by atoms with Crippen molar-refractivity contribution < 1.29 is 14.3 Å². The first-order chi connectivity index (χ1) is 11.0. The smallest absolute Gasteiger partial charge is 0.243 e. The number of hydrogen-bond donors (Lipinski definition) is 1. The van der Waals surface area contributed by atoms with Crippen LogP contribution >= 0.6 is 22.9 Å². The maximum absolute atomic E-state index is 12.2. The Balaban J connectivity index is 1.63. The second-order valence-corrected chi connectivity index (χ2v) is 7.48. The molecule has 124 valence electrons. The SMILES string of the molecule is C=CC(=O)NCC(=O)N1CCC2(CC1)OCCc1cc(Cl)sc12. The van der Waals surface area contributed by atoms with E-state index in [1.807, 2.05) is 6.07 Å². The summed E-state index contributed by atoms with van der Waals surface area (Å²) in [4.78, 5) is 26.3. The fraction of sp³-hybridized carbons (Fsp3) is 0.500. The first kappa shape index (κ1) is 16.5. The molecule has 2 amide bonds. The van der Waals surface area contributed by atoms with Gasteiger partial charge in [-0.1, -0.05) is 18.2 Å². The normalized spacial score (nSPS) is 19.3. The fourth-order valence-electron chi connectivity index (χ4n) is 3.22. The minimum Gasteiger partial charge on any atom is -0.369 e. The van der Waals surface area contributed by atoms with E-state index in [1.165, 1.54) is 10.4 Å². The molecule has 5 nitrogen and oxygen atoms in total. The Morgan fingerprint density at radius 3 is 2.91 bits per heavy atom. The molecule has 1 spiro atoms. The number of fused-ring (bicyclic) bond motifs is 2. The van der Waals surface area contributed by atoms with E-state index in [0.29, 0.717) is 19.7 Å². The van der Waals surface area contributed by atoms with Crippen molar-refractivity contribution >= 4 is 34.8 Å². The molecule has 2 aliphatic heterocycles. The first-order valence-corrected chi connectivity index (χ1v) is 8.84. The molecule has 2 aliphatic rings.